The number of aliphatic hydroxyl groups is 3. The van der Waals surface area contributed by atoms with E-state index >= 15 is 4.79 Å². The van der Waals surface area contributed by atoms with E-state index in [1.54, 1.807) is 105 Å². The van der Waals surface area contributed by atoms with E-state index in [-0.39, 0.29) is 40.9 Å². The topological polar surface area (TPSA) is 265 Å². The fourth-order valence-corrected chi connectivity index (χ4v) is 12.7. The predicted molar refractivity (Wildman–Crippen MR) is 285 cm³/mol. The second-order valence-electron chi connectivity index (χ2n) is 22.7. The quantitative estimate of drug-likeness (QED) is 0.0572. The van der Waals surface area contributed by atoms with Gasteiger partial charge in [0.1, 0.15) is 35.3 Å². The van der Waals surface area contributed by atoms with Crippen LogP contribution in [0.15, 0.2) is 132 Å². The van der Waals surface area contributed by atoms with Crippen molar-refractivity contribution in [2.75, 3.05) is 6.61 Å². The highest BCUT2D eigenvalue weighted by Crippen LogP contribution is 2.64. The number of carbonyl (C=O) groups is 8. The van der Waals surface area contributed by atoms with Gasteiger partial charge in [0.15, 0.2) is 23.6 Å². The Bertz CT molecular complexity index is 3220. The van der Waals surface area contributed by atoms with E-state index in [4.69, 9.17) is 28.4 Å². The SMILES string of the molecule is CC(=O)O[C@H]1C(=O)[C@@]2(C)[C@H]([C@H](OC(=O)c3ccccc3)[C@]3(O)C[C@H](OC(=O)[C@H](O)[C@@H](NC(=O)c4ccccc4)c4ccccc4)C(C)=C1C3(C)C)[C@]1(OC(C)=O)CO[C@@H]1C[C@@H]2O.CC1(C)CCC2=C(O1)c1ccccc1C(=O)C2=O. The van der Waals surface area contributed by atoms with Crippen LogP contribution in [-0.2, 0) is 52.4 Å². The molecule has 18 heteroatoms. The molecule has 2 heterocycles. The van der Waals surface area contributed by atoms with E-state index in [1.807, 2.05) is 26.0 Å². The van der Waals surface area contributed by atoms with Crippen molar-refractivity contribution in [2.45, 2.75) is 141 Å². The third-order valence-corrected chi connectivity index (χ3v) is 17.0. The molecule has 0 aromatic heterocycles. The van der Waals surface area contributed by atoms with Crippen molar-refractivity contribution >= 4 is 52.9 Å². The van der Waals surface area contributed by atoms with Crippen LogP contribution in [0.5, 0.6) is 0 Å². The van der Waals surface area contributed by atoms with Gasteiger partial charge in [0.25, 0.3) is 5.91 Å². The molecule has 2 bridgehead atoms. The summed E-state index contributed by atoms with van der Waals surface area (Å²) >= 11 is 0. The van der Waals surface area contributed by atoms with Crippen molar-refractivity contribution in [3.8, 4) is 0 Å². The summed E-state index contributed by atoms with van der Waals surface area (Å²) in [5.74, 6) is -7.05. The van der Waals surface area contributed by atoms with E-state index in [0.717, 1.165) is 25.8 Å². The summed E-state index contributed by atoms with van der Waals surface area (Å²) in [4.78, 5) is 107. The number of benzene rings is 4. The van der Waals surface area contributed by atoms with Gasteiger partial charge in [0.05, 0.1) is 35.6 Å². The van der Waals surface area contributed by atoms with Gasteiger partial charge in [-0.05, 0) is 81.5 Å². The minimum atomic E-state index is -2.39. The molecule has 420 valence electrons. The minimum absolute atomic E-state index is 0.00289. The first-order valence-electron chi connectivity index (χ1n) is 26.6. The normalized spacial score (nSPS) is 29.5. The van der Waals surface area contributed by atoms with Crippen LogP contribution in [0.25, 0.3) is 5.76 Å². The first-order valence-corrected chi connectivity index (χ1v) is 26.6. The monoisotopic (exact) mass is 1100 g/mol. The lowest BCUT2D eigenvalue weighted by atomic mass is 9.44. The lowest BCUT2D eigenvalue weighted by Crippen LogP contribution is -2.82. The van der Waals surface area contributed by atoms with Crippen molar-refractivity contribution in [3.63, 3.8) is 0 Å². The van der Waals surface area contributed by atoms with E-state index in [2.05, 4.69) is 5.32 Å². The molecule has 11 atom stereocenters. The number of Topliss-reactive ketones (excluding diaryl/α,β-unsaturated/α-hetero) is 3. The van der Waals surface area contributed by atoms with Crippen molar-refractivity contribution in [1.82, 2.24) is 5.32 Å². The molecule has 4 aromatic carbocycles. The van der Waals surface area contributed by atoms with Gasteiger partial charge in [-0.25, -0.2) is 9.59 Å². The van der Waals surface area contributed by atoms with Gasteiger partial charge in [-0.1, -0.05) is 105 Å². The smallest absolute Gasteiger partial charge is 0.338 e. The van der Waals surface area contributed by atoms with Crippen LogP contribution < -0.4 is 5.32 Å². The number of ketones is 3. The molecule has 80 heavy (non-hydrogen) atoms. The van der Waals surface area contributed by atoms with Gasteiger partial charge in [0, 0.05) is 54.4 Å². The molecule has 3 fully saturated rings. The molecule has 1 saturated heterocycles. The summed E-state index contributed by atoms with van der Waals surface area (Å²) < 4.78 is 36.2. The van der Waals surface area contributed by atoms with Crippen molar-refractivity contribution in [3.05, 3.63) is 160 Å². The fraction of sp³-hybridized carbons (Fsp3) is 0.419. The van der Waals surface area contributed by atoms with Crippen LogP contribution in [0, 0.1) is 16.7 Å². The molecule has 0 radical (unpaired) electrons. The Balaban J connectivity index is 0.000000361. The molecule has 10 rings (SSSR count). The molecule has 4 aliphatic carbocycles. The Labute approximate surface area is 462 Å². The summed E-state index contributed by atoms with van der Waals surface area (Å²) in [5.41, 5.74) is -5.55. The van der Waals surface area contributed by atoms with E-state index in [0.29, 0.717) is 28.9 Å². The van der Waals surface area contributed by atoms with Crippen LogP contribution in [0.1, 0.15) is 129 Å². The highest BCUT2D eigenvalue weighted by atomic mass is 16.6. The number of fused-ring (bicyclic) bond motifs is 7. The second-order valence-corrected chi connectivity index (χ2v) is 22.7. The summed E-state index contributed by atoms with van der Waals surface area (Å²) in [7, 11) is 0. The lowest BCUT2D eigenvalue weighted by molar-refractivity contribution is -0.346. The number of nitrogens with one attached hydrogen (secondary N) is 1. The number of aliphatic hydroxyl groups excluding tert-OH is 2. The maximum absolute atomic E-state index is 15.5. The third-order valence-electron chi connectivity index (χ3n) is 17.0. The van der Waals surface area contributed by atoms with Gasteiger partial charge >= 0.3 is 23.9 Å². The van der Waals surface area contributed by atoms with Gasteiger partial charge in [-0.2, -0.15) is 0 Å². The molecule has 0 unspecified atom stereocenters. The Morgan fingerprint density at radius 1 is 0.738 bits per heavy atom. The number of amides is 1. The molecular weight excluding hydrogens is 1030 g/mol. The fourth-order valence-electron chi connectivity index (χ4n) is 12.7. The van der Waals surface area contributed by atoms with Crippen LogP contribution >= 0.6 is 0 Å². The molecular formula is C62H65NO17. The molecule has 6 aliphatic rings. The highest BCUT2D eigenvalue weighted by molar-refractivity contribution is 6.52. The average Bonchev–Trinajstić information content (AvgIpc) is 3.16. The lowest BCUT2D eigenvalue weighted by Gasteiger charge is -2.67. The van der Waals surface area contributed by atoms with E-state index in [1.165, 1.54) is 26.0 Å². The number of allylic oxidation sites excluding steroid dienone is 1. The summed E-state index contributed by atoms with van der Waals surface area (Å²) in [6.07, 6.45) is -9.14. The summed E-state index contributed by atoms with van der Waals surface area (Å²) in [6.45, 7) is 12.0. The van der Waals surface area contributed by atoms with Gasteiger partial charge < -0.3 is 49.1 Å². The minimum Gasteiger partial charge on any atom is -0.487 e. The van der Waals surface area contributed by atoms with Crippen LogP contribution in [0.3, 0.4) is 0 Å². The van der Waals surface area contributed by atoms with Crippen LogP contribution in [-0.4, -0.2) is 122 Å². The second kappa shape index (κ2) is 21.4. The standard InChI is InChI=1S/C47H51NO14.C15H14O3/c1-25-31(60-43(56)36(52)35(28-16-10-7-11-17-28)48-41(54)29-18-12-8-13-19-29)23-47(57)40(61-42(55)30-20-14-9-15-21-30)38-45(6,32(51)22-33-46(38,24-58-33)62-27(3)50)39(53)37(59-26(2)49)34(25)44(47,4)5;1-15(2)8-7-11-13(17)12(16)9-5-3-4-6-10(9)14(11)18-15/h7-21,31-33,35-38,40,51-52,57H,22-24H2,1-6H3,(H,48,54);3-6H,7-8H2,1-2H3/t31-,32-,33+,35-,36+,37+,38-,40-,45+,46-,47+;/m0./s1. The van der Waals surface area contributed by atoms with E-state index < -0.39 is 124 Å². The van der Waals surface area contributed by atoms with Gasteiger partial charge in [-0.3, -0.25) is 28.8 Å². The first kappa shape index (κ1) is 57.1. The number of carbonyl (C=O) groups excluding carboxylic acids is 8. The van der Waals surface area contributed by atoms with Crippen molar-refractivity contribution < 1.29 is 82.1 Å². The van der Waals surface area contributed by atoms with E-state index in [9.17, 15) is 48.9 Å². The third kappa shape index (κ3) is 9.85. The number of ether oxygens (including phenoxy) is 6. The Morgan fingerprint density at radius 2 is 1.32 bits per heavy atom. The van der Waals surface area contributed by atoms with Crippen LogP contribution in [0.4, 0.5) is 0 Å². The zero-order valence-electron chi connectivity index (χ0n) is 45.7. The molecule has 2 saturated carbocycles. The zero-order chi connectivity index (χ0) is 57.9. The number of rotatable bonds is 10. The maximum atomic E-state index is 15.5. The first-order chi connectivity index (χ1) is 37.8. The molecule has 2 aliphatic heterocycles. The van der Waals surface area contributed by atoms with Crippen molar-refractivity contribution in [1.29, 1.82) is 0 Å². The Kier molecular flexibility index (Phi) is 15.3. The Morgan fingerprint density at radius 3 is 1.91 bits per heavy atom. The molecule has 0 spiro atoms. The molecule has 18 nitrogen and oxygen atoms in total. The van der Waals surface area contributed by atoms with Crippen LogP contribution in [0.2, 0.25) is 0 Å². The molecule has 4 N–H and O–H groups in total. The molecule has 1 amide bonds. The summed E-state index contributed by atoms with van der Waals surface area (Å²) in [5, 5.41) is 40.2. The maximum Gasteiger partial charge on any atom is 0.338 e. The van der Waals surface area contributed by atoms with Gasteiger partial charge in [-0.15, -0.1) is 0 Å². The number of hydrogen-bond acceptors (Lipinski definition) is 17. The summed E-state index contributed by atoms with van der Waals surface area (Å²) in [6, 6.07) is 30.1. The van der Waals surface area contributed by atoms with Crippen molar-refractivity contribution in [2.24, 2.45) is 16.7 Å². The van der Waals surface area contributed by atoms with Gasteiger partial charge in [0.2, 0.25) is 11.6 Å². The average molecular weight is 1100 g/mol. The zero-order valence-corrected chi connectivity index (χ0v) is 45.7. The largest absolute Gasteiger partial charge is 0.487 e. The predicted octanol–water partition coefficient (Wildman–Crippen LogP) is 6.49. The Hall–Kier alpha value is -7.64. The number of esters is 4. The number of hydrogen-bond donors (Lipinski definition) is 4. The molecule has 4 aromatic rings. The highest BCUT2D eigenvalue weighted by Gasteiger charge is 2.78.